The molecule has 0 aliphatic heterocycles. The van der Waals surface area contributed by atoms with Crippen molar-refractivity contribution in [2.45, 2.75) is 4.21 Å². The highest BCUT2D eigenvalue weighted by molar-refractivity contribution is 7.94. The van der Waals surface area contributed by atoms with E-state index >= 15 is 0 Å². The Morgan fingerprint density at radius 1 is 1.09 bits per heavy atom. The molecule has 0 spiro atoms. The lowest BCUT2D eigenvalue weighted by molar-refractivity contribution is 0.103. The number of anilines is 1. The van der Waals surface area contributed by atoms with Gasteiger partial charge in [-0.05, 0) is 29.8 Å². The highest BCUT2D eigenvalue weighted by Crippen LogP contribution is 2.35. The number of rotatable bonds is 6. The number of ketones is 1. The summed E-state index contributed by atoms with van der Waals surface area (Å²) in [5, 5.41) is 11.6. The van der Waals surface area contributed by atoms with Gasteiger partial charge in [-0.3, -0.25) is 14.6 Å². The lowest BCUT2D eigenvalue weighted by atomic mass is 10.0. The average molecular weight is 485 g/mol. The average Bonchev–Trinajstić information content (AvgIpc) is 3.55. The highest BCUT2D eigenvalue weighted by atomic mass is 35.5. The van der Waals surface area contributed by atoms with Crippen LogP contribution in [0.2, 0.25) is 5.02 Å². The van der Waals surface area contributed by atoms with Crippen LogP contribution in [0.15, 0.2) is 75.7 Å². The molecule has 0 aliphatic carbocycles. The van der Waals surface area contributed by atoms with Crippen molar-refractivity contribution < 1.29 is 17.7 Å². The first-order chi connectivity index (χ1) is 15.4. The minimum Gasteiger partial charge on any atom is -0.364 e. The number of thiophene rings is 1. The van der Waals surface area contributed by atoms with E-state index in [4.69, 9.17) is 11.6 Å². The summed E-state index contributed by atoms with van der Waals surface area (Å²) in [6, 6.07) is 17.2. The molecule has 2 aromatic carbocycles. The van der Waals surface area contributed by atoms with Crippen LogP contribution in [0.1, 0.15) is 15.4 Å². The first-order valence-corrected chi connectivity index (χ1v) is 11.9. The summed E-state index contributed by atoms with van der Waals surface area (Å²) in [6.45, 7) is 0. The molecule has 0 atom stereocenters. The molecule has 0 unspecified atom stereocenters. The molecule has 0 aliphatic rings. The Morgan fingerprint density at radius 3 is 2.66 bits per heavy atom. The molecule has 5 aromatic rings. The summed E-state index contributed by atoms with van der Waals surface area (Å²) in [5.41, 5.74) is 2.33. The molecule has 0 radical (unpaired) electrons. The predicted octanol–water partition coefficient (Wildman–Crippen LogP) is 4.96. The lowest BCUT2D eigenvalue weighted by Crippen LogP contribution is -2.12. The fourth-order valence-corrected chi connectivity index (χ4v) is 5.72. The van der Waals surface area contributed by atoms with E-state index in [0.717, 1.165) is 22.5 Å². The molecule has 0 amide bonds. The first kappa shape index (κ1) is 20.4. The normalized spacial score (nSPS) is 11.7. The van der Waals surface area contributed by atoms with Gasteiger partial charge in [0.15, 0.2) is 11.5 Å². The van der Waals surface area contributed by atoms with Crippen molar-refractivity contribution in [3.8, 4) is 11.1 Å². The number of carbonyl (C=O) groups excluding carboxylic acids is 1. The maximum absolute atomic E-state index is 13.0. The van der Waals surface area contributed by atoms with Crippen molar-refractivity contribution in [3.63, 3.8) is 0 Å². The van der Waals surface area contributed by atoms with Gasteiger partial charge in [-0.2, -0.15) is 5.10 Å². The molecule has 8 nitrogen and oxygen atoms in total. The van der Waals surface area contributed by atoms with Gasteiger partial charge in [0.2, 0.25) is 5.78 Å². The van der Waals surface area contributed by atoms with Crippen LogP contribution in [0.3, 0.4) is 0 Å². The monoisotopic (exact) mass is 484 g/mol. The fourth-order valence-electron chi connectivity index (χ4n) is 3.17. The van der Waals surface area contributed by atoms with Crippen LogP contribution in [0.5, 0.6) is 0 Å². The third kappa shape index (κ3) is 3.68. The number of sulfonamides is 1. The number of aromatic amines is 1. The van der Waals surface area contributed by atoms with E-state index in [9.17, 15) is 13.2 Å². The number of aromatic nitrogens is 3. The van der Waals surface area contributed by atoms with Crippen molar-refractivity contribution in [2.75, 3.05) is 4.72 Å². The molecule has 2 N–H and O–H groups in total. The lowest BCUT2D eigenvalue weighted by Gasteiger charge is -2.07. The van der Waals surface area contributed by atoms with E-state index in [1.807, 2.05) is 30.3 Å². The van der Waals surface area contributed by atoms with E-state index in [1.54, 1.807) is 12.1 Å². The third-order valence-corrected chi connectivity index (χ3v) is 7.93. The van der Waals surface area contributed by atoms with E-state index in [2.05, 4.69) is 24.6 Å². The number of benzene rings is 2. The molecule has 0 saturated carbocycles. The molecule has 5 rings (SSSR count). The van der Waals surface area contributed by atoms with Crippen molar-refractivity contribution in [3.05, 3.63) is 82.5 Å². The minimum atomic E-state index is -3.99. The zero-order valence-electron chi connectivity index (χ0n) is 16.1. The van der Waals surface area contributed by atoms with Crippen LogP contribution < -0.4 is 4.72 Å². The van der Waals surface area contributed by atoms with Gasteiger partial charge in [0.05, 0.1) is 15.4 Å². The van der Waals surface area contributed by atoms with Crippen LogP contribution in [0.25, 0.3) is 22.0 Å². The summed E-state index contributed by atoms with van der Waals surface area (Å²) in [5.74, 6) is -0.288. The number of halogens is 1. The van der Waals surface area contributed by atoms with Gasteiger partial charge >= 0.3 is 0 Å². The number of nitrogens with zero attached hydrogens (tertiary/aromatic N) is 2. The fraction of sp³-hybridized carbons (Fsp3) is 0. The Bertz CT molecular complexity index is 1540. The SMILES string of the molecule is O=C(c1ccon1)c1ccc(S(=O)(=O)Nc2n[nH]c3cc(Cl)c(-c4ccccc4)cc23)s1. The quantitative estimate of drug-likeness (QED) is 0.329. The van der Waals surface area contributed by atoms with Crippen molar-refractivity contribution in [1.82, 2.24) is 15.4 Å². The molecule has 0 bridgehead atoms. The predicted molar refractivity (Wildman–Crippen MR) is 122 cm³/mol. The Morgan fingerprint density at radius 2 is 1.91 bits per heavy atom. The second-order valence-electron chi connectivity index (χ2n) is 6.75. The molecule has 11 heteroatoms. The van der Waals surface area contributed by atoms with Gasteiger partial charge in [-0.15, -0.1) is 11.3 Å². The van der Waals surface area contributed by atoms with Crippen LogP contribution in [-0.4, -0.2) is 29.6 Å². The molecular formula is C21H13ClN4O4S2. The maximum atomic E-state index is 13.0. The number of H-pyrrole nitrogens is 1. The van der Waals surface area contributed by atoms with Crippen LogP contribution in [0, 0.1) is 0 Å². The number of carbonyl (C=O) groups is 1. The van der Waals surface area contributed by atoms with Gasteiger partial charge in [0.25, 0.3) is 10.0 Å². The van der Waals surface area contributed by atoms with Crippen molar-refractivity contribution in [1.29, 1.82) is 0 Å². The Kier molecular flexibility index (Phi) is 5.04. The largest absolute Gasteiger partial charge is 0.364 e. The zero-order valence-corrected chi connectivity index (χ0v) is 18.5. The van der Waals surface area contributed by atoms with E-state index in [-0.39, 0.29) is 20.6 Å². The van der Waals surface area contributed by atoms with Gasteiger partial charge in [-0.1, -0.05) is 47.1 Å². The van der Waals surface area contributed by atoms with Crippen molar-refractivity contribution >= 4 is 55.5 Å². The van der Waals surface area contributed by atoms with Crippen LogP contribution in [-0.2, 0) is 10.0 Å². The molecular weight excluding hydrogens is 472 g/mol. The summed E-state index contributed by atoms with van der Waals surface area (Å²) >= 11 is 7.26. The number of hydrogen-bond acceptors (Lipinski definition) is 7. The van der Waals surface area contributed by atoms with Crippen LogP contribution in [0.4, 0.5) is 5.82 Å². The molecule has 3 aromatic heterocycles. The summed E-state index contributed by atoms with van der Waals surface area (Å²) in [4.78, 5) is 12.6. The standard InChI is InChI=1S/C21H13ClN4O4S2/c22-15-11-17-14(10-13(15)12-4-2-1-3-5-12)21(24-23-17)26-32(28,29)19-7-6-18(31-19)20(27)16-8-9-30-25-16/h1-11H,(H2,23,24,26). The molecule has 160 valence electrons. The van der Waals surface area contributed by atoms with Crippen LogP contribution >= 0.6 is 22.9 Å². The van der Waals surface area contributed by atoms with Gasteiger partial charge < -0.3 is 4.52 Å². The van der Waals surface area contributed by atoms with E-state index in [0.29, 0.717) is 15.9 Å². The molecule has 0 saturated heterocycles. The molecule has 0 fully saturated rings. The first-order valence-electron chi connectivity index (χ1n) is 9.23. The third-order valence-electron chi connectivity index (χ3n) is 4.71. The maximum Gasteiger partial charge on any atom is 0.272 e. The van der Waals surface area contributed by atoms with E-state index in [1.165, 1.54) is 24.5 Å². The van der Waals surface area contributed by atoms with Gasteiger partial charge in [-0.25, -0.2) is 8.42 Å². The Hall–Kier alpha value is -3.47. The topological polar surface area (TPSA) is 118 Å². The zero-order chi connectivity index (χ0) is 22.3. The second kappa shape index (κ2) is 7.90. The number of fused-ring (bicyclic) bond motifs is 1. The Labute approximate surface area is 190 Å². The minimum absolute atomic E-state index is 0.0299. The highest BCUT2D eigenvalue weighted by Gasteiger charge is 2.23. The van der Waals surface area contributed by atoms with E-state index < -0.39 is 15.8 Å². The van der Waals surface area contributed by atoms with Gasteiger partial charge in [0.1, 0.15) is 10.5 Å². The Balaban J connectivity index is 1.48. The summed E-state index contributed by atoms with van der Waals surface area (Å²) in [6.07, 6.45) is 1.28. The van der Waals surface area contributed by atoms with Gasteiger partial charge in [0, 0.05) is 17.0 Å². The number of nitrogens with one attached hydrogen (secondary N) is 2. The smallest absolute Gasteiger partial charge is 0.272 e. The molecule has 3 heterocycles. The number of hydrogen-bond donors (Lipinski definition) is 2. The summed E-state index contributed by atoms with van der Waals surface area (Å²) < 4.78 is 33.1. The second-order valence-corrected chi connectivity index (χ2v) is 10.2. The van der Waals surface area contributed by atoms with Crippen molar-refractivity contribution in [2.24, 2.45) is 0 Å². The molecule has 32 heavy (non-hydrogen) atoms. The summed E-state index contributed by atoms with van der Waals surface area (Å²) in [7, 11) is -3.99.